The van der Waals surface area contributed by atoms with Crippen molar-refractivity contribution in [3.8, 4) is 44.8 Å². The van der Waals surface area contributed by atoms with Gasteiger partial charge in [-0.15, -0.1) is 0 Å². The fourth-order valence-corrected chi connectivity index (χ4v) is 15.7. The molecule has 384 valence electrons. The van der Waals surface area contributed by atoms with Crippen LogP contribution in [0.5, 0.6) is 0 Å². The molecule has 21 rings (SSSR count). The Morgan fingerprint density at radius 3 is 1.18 bits per heavy atom. The van der Waals surface area contributed by atoms with E-state index in [0.717, 1.165) is 99.2 Å². The van der Waals surface area contributed by atoms with Gasteiger partial charge in [0.1, 0.15) is 33.5 Å². The maximum atomic E-state index is 6.64. The molecule has 0 N–H and O–H groups in total. The molecule has 84 heavy (non-hydrogen) atoms. The maximum absolute atomic E-state index is 6.64. The van der Waals surface area contributed by atoms with Crippen molar-refractivity contribution in [1.82, 2.24) is 9.13 Å². The van der Waals surface area contributed by atoms with Crippen molar-refractivity contribution in [3.05, 3.63) is 249 Å². The van der Waals surface area contributed by atoms with Gasteiger partial charge in [0.2, 0.25) is 0 Å². The van der Waals surface area contributed by atoms with Gasteiger partial charge in [-0.25, -0.2) is 0 Å². The van der Waals surface area contributed by atoms with Gasteiger partial charge in [0.15, 0.2) is 0 Å². The summed E-state index contributed by atoms with van der Waals surface area (Å²) in [5.41, 5.74) is 23.3. The molecule has 0 amide bonds. The Bertz CT molecular complexity index is 6230. The monoisotopic (exact) mass is 1060 g/mol. The molecule has 2 aliphatic rings. The van der Waals surface area contributed by atoms with Crippen molar-refractivity contribution in [2.45, 2.75) is 0 Å². The summed E-state index contributed by atoms with van der Waals surface area (Å²) in [4.78, 5) is 0. The number of rotatable bonds is 3. The first kappa shape index (κ1) is 43.7. The van der Waals surface area contributed by atoms with E-state index in [1.807, 2.05) is 6.07 Å². The molecule has 5 aromatic heterocycles. The third-order valence-electron chi connectivity index (χ3n) is 19.2. The van der Waals surface area contributed by atoms with Crippen LogP contribution in [0, 0.1) is 0 Å². The van der Waals surface area contributed by atoms with Gasteiger partial charge in [-0.3, -0.25) is 0 Å². The summed E-state index contributed by atoms with van der Waals surface area (Å²) in [6, 6.07) is 92.2. The second-order valence-electron chi connectivity index (χ2n) is 23.4. The summed E-state index contributed by atoms with van der Waals surface area (Å²) in [6.07, 6.45) is 0. The van der Waals surface area contributed by atoms with E-state index in [1.165, 1.54) is 104 Å². The lowest BCUT2D eigenvalue weighted by Gasteiger charge is -2.34. The van der Waals surface area contributed by atoms with Crippen molar-refractivity contribution in [1.29, 1.82) is 0 Å². The molecule has 6 heteroatoms. The smallest absolute Gasteiger partial charge is 0.252 e. The molecule has 0 aliphatic carbocycles. The number of aromatic nitrogens is 2. The fourth-order valence-electron chi connectivity index (χ4n) is 15.7. The molecular weight excluding hydrogens is 1020 g/mol. The summed E-state index contributed by atoms with van der Waals surface area (Å²) < 4.78 is 25.0. The van der Waals surface area contributed by atoms with E-state index in [1.54, 1.807) is 0 Å². The van der Waals surface area contributed by atoms with Crippen LogP contribution in [0.4, 0.5) is 0 Å². The minimum atomic E-state index is -0.140. The number of para-hydroxylation sites is 3. The number of furan rings is 3. The van der Waals surface area contributed by atoms with E-state index in [9.17, 15) is 0 Å². The van der Waals surface area contributed by atoms with Crippen LogP contribution in [-0.4, -0.2) is 15.8 Å². The normalized spacial score (nSPS) is 13.0. The topological polar surface area (TPSA) is 49.3 Å². The van der Waals surface area contributed by atoms with Gasteiger partial charge in [-0.1, -0.05) is 158 Å². The minimum absolute atomic E-state index is 0.140. The third-order valence-corrected chi connectivity index (χ3v) is 19.2. The lowest BCUT2D eigenvalue weighted by atomic mass is 9.34. The van der Waals surface area contributed by atoms with Gasteiger partial charge in [-0.05, 0) is 168 Å². The standard InChI is InChI=1S/C78H41BN2O3/c1-2-14-50-48(12-1)49-13-3-4-18-57(49)74-58(50)31-32-59-61-35-46(44-25-29-55-52-16-6-9-22-69(52)83-72(55)40-44)38-64-77(61)81(78(59)74)67-20-11-19-66-75(67)79(64)63-37-47(45-26-30-56-53-17-7-10-23-70(53)84-73(56)41-45)36-62-60-34-42(27-33-65(60)80(66)76(62)63)43-24-28-54-51-15-5-8-21-68(51)82-71(54)39-43/h1-41H. The van der Waals surface area contributed by atoms with Gasteiger partial charge in [0.25, 0.3) is 6.71 Å². The SMILES string of the molecule is c1cc2c3c(c1)-n1c4c(cc(-c5ccc6c(c5)oc5ccccc56)cc4c4ccc5c6ccccc6c6ccccc6c5c41)B3c1cc(-c3ccc4c(c3)oc3ccccc34)cc3c4cc(-c5ccc6c(c5)oc5ccccc56)ccc4n-2c13. The Morgan fingerprint density at radius 1 is 0.238 bits per heavy atom. The zero-order valence-electron chi connectivity index (χ0n) is 44.9. The molecule has 19 aromatic rings. The highest BCUT2D eigenvalue weighted by Gasteiger charge is 2.42. The van der Waals surface area contributed by atoms with E-state index < -0.39 is 0 Å². The quantitative estimate of drug-likeness (QED) is 0.131. The highest BCUT2D eigenvalue weighted by molar-refractivity contribution is 7.00. The average molecular weight is 1070 g/mol. The van der Waals surface area contributed by atoms with Crippen LogP contribution in [0.25, 0.3) is 186 Å². The summed E-state index contributed by atoms with van der Waals surface area (Å²) in [5, 5.41) is 19.2. The van der Waals surface area contributed by atoms with E-state index in [2.05, 4.69) is 252 Å². The highest BCUT2D eigenvalue weighted by atomic mass is 16.3. The van der Waals surface area contributed by atoms with E-state index in [-0.39, 0.29) is 6.71 Å². The number of hydrogen-bond donors (Lipinski definition) is 0. The molecule has 0 atom stereocenters. The predicted octanol–water partition coefficient (Wildman–Crippen LogP) is 19.2. The zero-order valence-corrected chi connectivity index (χ0v) is 44.9. The fraction of sp³-hybridized carbons (Fsp3) is 0. The van der Waals surface area contributed by atoms with E-state index in [0.29, 0.717) is 0 Å². The summed E-state index contributed by atoms with van der Waals surface area (Å²) >= 11 is 0. The van der Waals surface area contributed by atoms with Crippen molar-refractivity contribution in [2.24, 2.45) is 0 Å². The number of hydrogen-bond acceptors (Lipinski definition) is 3. The largest absolute Gasteiger partial charge is 0.456 e. The molecule has 0 spiro atoms. The van der Waals surface area contributed by atoms with Crippen LogP contribution in [-0.2, 0) is 0 Å². The van der Waals surface area contributed by atoms with Gasteiger partial charge in [-0.2, -0.15) is 0 Å². The Morgan fingerprint density at radius 2 is 0.619 bits per heavy atom. The highest BCUT2D eigenvalue weighted by Crippen LogP contribution is 2.47. The molecule has 0 unspecified atom stereocenters. The molecule has 0 saturated heterocycles. The molecule has 0 saturated carbocycles. The molecule has 7 heterocycles. The molecule has 14 aromatic carbocycles. The van der Waals surface area contributed by atoms with E-state index in [4.69, 9.17) is 13.3 Å². The van der Waals surface area contributed by atoms with Gasteiger partial charge < -0.3 is 22.4 Å². The van der Waals surface area contributed by atoms with Crippen molar-refractivity contribution >= 4 is 165 Å². The predicted molar refractivity (Wildman–Crippen MR) is 350 cm³/mol. The lowest BCUT2D eigenvalue weighted by Crippen LogP contribution is -2.59. The van der Waals surface area contributed by atoms with Gasteiger partial charge in [0.05, 0.1) is 11.0 Å². The Balaban J connectivity index is 0.899. The molecule has 2 aliphatic heterocycles. The third kappa shape index (κ3) is 5.51. The van der Waals surface area contributed by atoms with E-state index >= 15 is 0 Å². The van der Waals surface area contributed by atoms with Crippen LogP contribution in [0.2, 0.25) is 0 Å². The van der Waals surface area contributed by atoms with Gasteiger partial charge >= 0.3 is 0 Å². The van der Waals surface area contributed by atoms with Crippen LogP contribution in [0.15, 0.2) is 262 Å². The minimum Gasteiger partial charge on any atom is -0.456 e. The molecule has 5 nitrogen and oxygen atoms in total. The first-order valence-corrected chi connectivity index (χ1v) is 29.0. The Labute approximate surface area is 478 Å². The summed E-state index contributed by atoms with van der Waals surface area (Å²) in [5.74, 6) is 0. The first-order chi connectivity index (χ1) is 41.6. The number of benzene rings is 14. The Hall–Kier alpha value is -11.1. The summed E-state index contributed by atoms with van der Waals surface area (Å²) in [7, 11) is 0. The number of fused-ring (bicyclic) bond motifs is 26. The molecule has 0 radical (unpaired) electrons. The van der Waals surface area contributed by atoms with Crippen LogP contribution in [0.3, 0.4) is 0 Å². The van der Waals surface area contributed by atoms with Crippen LogP contribution >= 0.6 is 0 Å². The van der Waals surface area contributed by atoms with Crippen molar-refractivity contribution in [3.63, 3.8) is 0 Å². The van der Waals surface area contributed by atoms with Crippen molar-refractivity contribution in [2.75, 3.05) is 0 Å². The number of nitrogens with zero attached hydrogens (tertiary/aromatic N) is 2. The second kappa shape index (κ2) is 15.5. The lowest BCUT2D eigenvalue weighted by molar-refractivity contribution is 0.668. The molecular formula is C78H41BN2O3. The first-order valence-electron chi connectivity index (χ1n) is 29.0. The maximum Gasteiger partial charge on any atom is 0.252 e. The van der Waals surface area contributed by atoms with Gasteiger partial charge in [0, 0.05) is 81.7 Å². The second-order valence-corrected chi connectivity index (χ2v) is 23.4. The van der Waals surface area contributed by atoms with Crippen molar-refractivity contribution < 1.29 is 13.3 Å². The molecule has 0 fully saturated rings. The zero-order chi connectivity index (χ0) is 54.2. The Kier molecular flexibility index (Phi) is 8.05. The van der Waals surface area contributed by atoms with Crippen LogP contribution < -0.4 is 16.4 Å². The van der Waals surface area contributed by atoms with Crippen LogP contribution in [0.1, 0.15) is 0 Å². The summed E-state index contributed by atoms with van der Waals surface area (Å²) in [6.45, 7) is -0.140. The average Bonchev–Trinajstić information content (AvgIpc) is 1.72. The molecule has 0 bridgehead atoms.